The minimum absolute atomic E-state index is 0.394. The SMILES string of the molecule is CCN1CCN(c2ccc(C(=O)O)c(C)c2)CC1. The molecule has 0 amide bonds. The van der Waals surface area contributed by atoms with E-state index in [0.717, 1.165) is 44.0 Å². The molecule has 0 aromatic heterocycles. The lowest BCUT2D eigenvalue weighted by Gasteiger charge is -2.35. The van der Waals surface area contributed by atoms with Crippen molar-refractivity contribution in [3.05, 3.63) is 29.3 Å². The van der Waals surface area contributed by atoms with Gasteiger partial charge in [-0.05, 0) is 37.2 Å². The molecule has 0 saturated carbocycles. The Bertz CT molecular complexity index is 437. The van der Waals surface area contributed by atoms with Crippen molar-refractivity contribution in [2.45, 2.75) is 13.8 Å². The van der Waals surface area contributed by atoms with Gasteiger partial charge in [0.2, 0.25) is 0 Å². The van der Waals surface area contributed by atoms with Crippen molar-refractivity contribution in [2.24, 2.45) is 0 Å². The monoisotopic (exact) mass is 248 g/mol. The van der Waals surface area contributed by atoms with E-state index in [4.69, 9.17) is 5.11 Å². The Morgan fingerprint density at radius 3 is 2.44 bits per heavy atom. The Morgan fingerprint density at radius 2 is 1.94 bits per heavy atom. The van der Waals surface area contributed by atoms with Crippen LogP contribution >= 0.6 is 0 Å². The molecule has 0 unspecified atom stereocenters. The number of anilines is 1. The third-order valence-corrected chi connectivity index (χ3v) is 3.63. The van der Waals surface area contributed by atoms with Crippen LogP contribution in [0.3, 0.4) is 0 Å². The summed E-state index contributed by atoms with van der Waals surface area (Å²) in [4.78, 5) is 15.7. The molecule has 4 nitrogen and oxygen atoms in total. The van der Waals surface area contributed by atoms with Crippen molar-refractivity contribution in [1.29, 1.82) is 0 Å². The van der Waals surface area contributed by atoms with Crippen molar-refractivity contribution in [3.8, 4) is 0 Å². The summed E-state index contributed by atoms with van der Waals surface area (Å²) in [5.74, 6) is -0.852. The summed E-state index contributed by atoms with van der Waals surface area (Å²) in [6.45, 7) is 9.33. The summed E-state index contributed by atoms with van der Waals surface area (Å²) in [6, 6.07) is 5.60. The fourth-order valence-corrected chi connectivity index (χ4v) is 2.41. The molecule has 4 heteroatoms. The number of hydrogen-bond acceptors (Lipinski definition) is 3. The molecular weight excluding hydrogens is 228 g/mol. The number of carboxylic acids is 1. The van der Waals surface area contributed by atoms with E-state index in [1.165, 1.54) is 0 Å². The third-order valence-electron chi connectivity index (χ3n) is 3.63. The van der Waals surface area contributed by atoms with Gasteiger partial charge < -0.3 is 14.9 Å². The van der Waals surface area contributed by atoms with E-state index in [1.807, 2.05) is 19.1 Å². The van der Waals surface area contributed by atoms with Gasteiger partial charge in [-0.3, -0.25) is 0 Å². The highest BCUT2D eigenvalue weighted by atomic mass is 16.4. The number of carboxylic acid groups (broad SMARTS) is 1. The highest BCUT2D eigenvalue weighted by Gasteiger charge is 2.17. The zero-order chi connectivity index (χ0) is 13.1. The number of benzene rings is 1. The van der Waals surface area contributed by atoms with Crippen LogP contribution < -0.4 is 4.90 Å². The van der Waals surface area contributed by atoms with Crippen LogP contribution in [0.25, 0.3) is 0 Å². The first-order chi connectivity index (χ1) is 8.61. The van der Waals surface area contributed by atoms with Gasteiger partial charge >= 0.3 is 5.97 Å². The van der Waals surface area contributed by atoms with Gasteiger partial charge in [0, 0.05) is 31.9 Å². The maximum absolute atomic E-state index is 11.0. The molecule has 0 aliphatic carbocycles. The van der Waals surface area contributed by atoms with Crippen LogP contribution in [0.2, 0.25) is 0 Å². The second-order valence-electron chi connectivity index (χ2n) is 4.73. The maximum Gasteiger partial charge on any atom is 0.335 e. The molecule has 2 rings (SSSR count). The lowest BCUT2D eigenvalue weighted by atomic mass is 10.1. The van der Waals surface area contributed by atoms with E-state index in [0.29, 0.717) is 5.56 Å². The molecule has 18 heavy (non-hydrogen) atoms. The Kier molecular flexibility index (Phi) is 3.87. The van der Waals surface area contributed by atoms with Crippen LogP contribution in [-0.2, 0) is 0 Å². The van der Waals surface area contributed by atoms with Crippen molar-refractivity contribution in [2.75, 3.05) is 37.6 Å². The number of carbonyl (C=O) groups is 1. The smallest absolute Gasteiger partial charge is 0.335 e. The van der Waals surface area contributed by atoms with E-state index < -0.39 is 5.97 Å². The minimum Gasteiger partial charge on any atom is -0.478 e. The quantitative estimate of drug-likeness (QED) is 0.886. The topological polar surface area (TPSA) is 43.8 Å². The van der Waals surface area contributed by atoms with Crippen molar-refractivity contribution >= 4 is 11.7 Å². The van der Waals surface area contributed by atoms with Crippen LogP contribution in [0.15, 0.2) is 18.2 Å². The summed E-state index contributed by atoms with van der Waals surface area (Å²) in [5, 5.41) is 9.01. The second-order valence-corrected chi connectivity index (χ2v) is 4.73. The van der Waals surface area contributed by atoms with Crippen LogP contribution in [0, 0.1) is 6.92 Å². The van der Waals surface area contributed by atoms with Gasteiger partial charge in [0.15, 0.2) is 0 Å². The lowest BCUT2D eigenvalue weighted by Crippen LogP contribution is -2.46. The number of aryl methyl sites for hydroxylation is 1. The van der Waals surface area contributed by atoms with Crippen LogP contribution in [0.4, 0.5) is 5.69 Å². The molecule has 0 radical (unpaired) electrons. The first-order valence-electron chi connectivity index (χ1n) is 6.43. The van der Waals surface area contributed by atoms with E-state index in [-0.39, 0.29) is 0 Å². The molecule has 0 spiro atoms. The van der Waals surface area contributed by atoms with E-state index >= 15 is 0 Å². The molecule has 0 bridgehead atoms. The van der Waals surface area contributed by atoms with Gasteiger partial charge in [0.25, 0.3) is 0 Å². The second kappa shape index (κ2) is 5.40. The first-order valence-corrected chi connectivity index (χ1v) is 6.43. The Morgan fingerprint density at radius 1 is 1.28 bits per heavy atom. The molecule has 1 aromatic rings. The van der Waals surface area contributed by atoms with Gasteiger partial charge in [-0.2, -0.15) is 0 Å². The van der Waals surface area contributed by atoms with Crippen molar-refractivity contribution < 1.29 is 9.90 Å². The normalized spacial score (nSPS) is 16.9. The Balaban J connectivity index is 2.11. The predicted octanol–water partition coefficient (Wildman–Crippen LogP) is 1.84. The average Bonchev–Trinajstić information content (AvgIpc) is 2.38. The molecule has 1 aromatic carbocycles. The largest absolute Gasteiger partial charge is 0.478 e. The van der Waals surface area contributed by atoms with Gasteiger partial charge in [0.05, 0.1) is 5.56 Å². The molecule has 1 N–H and O–H groups in total. The van der Waals surface area contributed by atoms with Crippen molar-refractivity contribution in [3.63, 3.8) is 0 Å². The first kappa shape index (κ1) is 12.9. The Labute approximate surface area is 108 Å². The summed E-state index contributed by atoms with van der Waals surface area (Å²) in [6.07, 6.45) is 0. The zero-order valence-corrected chi connectivity index (χ0v) is 11.0. The highest BCUT2D eigenvalue weighted by Crippen LogP contribution is 2.20. The number of nitrogens with zero attached hydrogens (tertiary/aromatic N) is 2. The molecule has 1 fully saturated rings. The van der Waals surface area contributed by atoms with Crippen LogP contribution in [0.5, 0.6) is 0 Å². The lowest BCUT2D eigenvalue weighted by molar-refractivity contribution is 0.0696. The van der Waals surface area contributed by atoms with Gasteiger partial charge in [0.1, 0.15) is 0 Å². The molecule has 1 heterocycles. The fraction of sp³-hybridized carbons (Fsp3) is 0.500. The number of rotatable bonds is 3. The fourth-order valence-electron chi connectivity index (χ4n) is 2.41. The molecule has 1 aliphatic heterocycles. The third kappa shape index (κ3) is 2.64. The van der Waals surface area contributed by atoms with Gasteiger partial charge in [-0.1, -0.05) is 6.92 Å². The van der Waals surface area contributed by atoms with E-state index in [1.54, 1.807) is 6.07 Å². The van der Waals surface area contributed by atoms with Gasteiger partial charge in [-0.25, -0.2) is 4.79 Å². The summed E-state index contributed by atoms with van der Waals surface area (Å²) in [5.41, 5.74) is 2.36. The maximum atomic E-state index is 11.0. The summed E-state index contributed by atoms with van der Waals surface area (Å²) >= 11 is 0. The number of hydrogen-bond donors (Lipinski definition) is 1. The predicted molar refractivity (Wildman–Crippen MR) is 72.5 cm³/mol. The highest BCUT2D eigenvalue weighted by molar-refractivity contribution is 5.89. The molecule has 1 saturated heterocycles. The average molecular weight is 248 g/mol. The van der Waals surface area contributed by atoms with Crippen LogP contribution in [0.1, 0.15) is 22.8 Å². The molecule has 0 atom stereocenters. The number of aromatic carboxylic acids is 1. The Hall–Kier alpha value is -1.55. The molecular formula is C14H20N2O2. The zero-order valence-electron chi connectivity index (χ0n) is 11.0. The van der Waals surface area contributed by atoms with Gasteiger partial charge in [-0.15, -0.1) is 0 Å². The van der Waals surface area contributed by atoms with Crippen molar-refractivity contribution in [1.82, 2.24) is 4.90 Å². The minimum atomic E-state index is -0.852. The summed E-state index contributed by atoms with van der Waals surface area (Å²) < 4.78 is 0. The molecule has 98 valence electrons. The number of piperazine rings is 1. The van der Waals surface area contributed by atoms with Crippen LogP contribution in [-0.4, -0.2) is 48.7 Å². The summed E-state index contributed by atoms with van der Waals surface area (Å²) in [7, 11) is 0. The van der Waals surface area contributed by atoms with E-state index in [9.17, 15) is 4.79 Å². The number of likely N-dealkylation sites (N-methyl/N-ethyl adjacent to an activating group) is 1. The molecule has 1 aliphatic rings. The van der Waals surface area contributed by atoms with E-state index in [2.05, 4.69) is 16.7 Å². The standard InChI is InChI=1S/C14H20N2O2/c1-3-15-6-8-16(9-7-15)12-4-5-13(14(17)18)11(2)10-12/h4-5,10H,3,6-9H2,1-2H3,(H,17,18).